The fraction of sp³-hybridized carbons (Fsp3) is 0.545. The highest BCUT2D eigenvalue weighted by atomic mass is 16.5. The van der Waals surface area contributed by atoms with Crippen molar-refractivity contribution in [1.29, 1.82) is 0 Å². The van der Waals surface area contributed by atoms with E-state index in [-0.39, 0.29) is 0 Å². The van der Waals surface area contributed by atoms with Crippen LogP contribution in [0.1, 0.15) is 29.7 Å². The average Bonchev–Trinajstić information content (AvgIpc) is 2.66. The van der Waals surface area contributed by atoms with Gasteiger partial charge in [0.1, 0.15) is 0 Å². The lowest BCUT2D eigenvalue weighted by Gasteiger charge is -2.18. The number of anilines is 1. The van der Waals surface area contributed by atoms with Gasteiger partial charge in [-0.25, -0.2) is 4.98 Å². The molecule has 1 aromatic rings. The van der Waals surface area contributed by atoms with Gasteiger partial charge in [-0.05, 0) is 31.2 Å². The lowest BCUT2D eigenvalue weighted by Crippen LogP contribution is -2.10. The number of aromatic nitrogens is 1. The Bertz CT molecular complexity index is 387. The summed E-state index contributed by atoms with van der Waals surface area (Å²) in [6.07, 6.45) is 5.58. The van der Waals surface area contributed by atoms with E-state index in [4.69, 9.17) is 10.5 Å². The van der Waals surface area contributed by atoms with E-state index in [0.29, 0.717) is 0 Å². The molecule has 2 N–H and O–H groups in total. The Hall–Kier alpha value is -1.25. The molecule has 0 bridgehead atoms. The highest BCUT2D eigenvalue weighted by Crippen LogP contribution is 2.35. The molecule has 3 rings (SSSR count). The first-order chi connectivity index (χ1) is 6.86. The molecule has 2 aliphatic rings. The molecule has 0 amide bonds. The maximum atomic E-state index is 6.14. The van der Waals surface area contributed by atoms with Crippen molar-refractivity contribution in [2.45, 2.75) is 32.1 Å². The van der Waals surface area contributed by atoms with Crippen molar-refractivity contribution in [3.63, 3.8) is 0 Å². The van der Waals surface area contributed by atoms with Gasteiger partial charge in [0.25, 0.3) is 0 Å². The molecule has 0 fully saturated rings. The van der Waals surface area contributed by atoms with Gasteiger partial charge in [0.05, 0.1) is 6.61 Å². The van der Waals surface area contributed by atoms with Crippen molar-refractivity contribution < 1.29 is 4.74 Å². The second kappa shape index (κ2) is 2.87. The maximum Gasteiger partial charge on any atom is 0.219 e. The summed E-state index contributed by atoms with van der Waals surface area (Å²) in [5.74, 6) is 0.795. The van der Waals surface area contributed by atoms with Crippen LogP contribution in [0.25, 0.3) is 0 Å². The Morgan fingerprint density at radius 1 is 1.07 bits per heavy atom. The maximum absolute atomic E-state index is 6.14. The minimum atomic E-state index is 0.745. The largest absolute Gasteiger partial charge is 0.477 e. The molecule has 3 heteroatoms. The molecule has 0 spiro atoms. The molecular formula is C11H14N2O. The summed E-state index contributed by atoms with van der Waals surface area (Å²) in [6.45, 7) is 0.745. The van der Waals surface area contributed by atoms with Crippen molar-refractivity contribution >= 4 is 5.69 Å². The number of nitrogens with zero attached hydrogens (tertiary/aromatic N) is 1. The third kappa shape index (κ3) is 1.01. The summed E-state index contributed by atoms with van der Waals surface area (Å²) in [7, 11) is 0. The summed E-state index contributed by atoms with van der Waals surface area (Å²) < 4.78 is 5.45. The summed E-state index contributed by atoms with van der Waals surface area (Å²) in [5, 5.41) is 0. The lowest BCUT2D eigenvalue weighted by molar-refractivity contribution is 0.343. The van der Waals surface area contributed by atoms with E-state index in [1.54, 1.807) is 0 Å². The fourth-order valence-electron chi connectivity index (χ4n) is 2.40. The van der Waals surface area contributed by atoms with Crippen LogP contribution >= 0.6 is 0 Å². The second-order valence-corrected chi connectivity index (χ2v) is 4.04. The van der Waals surface area contributed by atoms with E-state index in [1.807, 2.05) is 0 Å². The first kappa shape index (κ1) is 8.09. The smallest absolute Gasteiger partial charge is 0.219 e. The molecule has 0 saturated carbocycles. The molecular weight excluding hydrogens is 176 g/mol. The number of hydrogen-bond acceptors (Lipinski definition) is 3. The van der Waals surface area contributed by atoms with Gasteiger partial charge >= 0.3 is 0 Å². The van der Waals surface area contributed by atoms with E-state index < -0.39 is 0 Å². The zero-order valence-electron chi connectivity index (χ0n) is 8.18. The van der Waals surface area contributed by atoms with Crippen LogP contribution in [0.4, 0.5) is 5.69 Å². The van der Waals surface area contributed by atoms with Crippen LogP contribution < -0.4 is 10.5 Å². The summed E-state index contributed by atoms with van der Waals surface area (Å²) in [4.78, 5) is 4.55. The van der Waals surface area contributed by atoms with Crippen molar-refractivity contribution in [2.24, 2.45) is 0 Å². The van der Waals surface area contributed by atoms with Gasteiger partial charge < -0.3 is 10.5 Å². The molecule has 0 aromatic carbocycles. The number of nitrogens with two attached hydrogens (primary N) is 1. The first-order valence-corrected chi connectivity index (χ1v) is 5.29. The summed E-state index contributed by atoms with van der Waals surface area (Å²) in [5.41, 5.74) is 10.7. The van der Waals surface area contributed by atoms with Crippen LogP contribution in [-0.4, -0.2) is 11.6 Å². The number of aryl methyl sites for hydroxylation is 1. The SMILES string of the molecule is Nc1c2c(nc3c1CCO3)CCCC2. The Balaban J connectivity index is 2.20. The predicted octanol–water partition coefficient (Wildman–Crippen LogP) is 1.48. The minimum absolute atomic E-state index is 0.745. The van der Waals surface area contributed by atoms with Crippen molar-refractivity contribution in [2.75, 3.05) is 12.3 Å². The van der Waals surface area contributed by atoms with E-state index >= 15 is 0 Å². The monoisotopic (exact) mass is 190 g/mol. The third-order valence-corrected chi connectivity index (χ3v) is 3.17. The van der Waals surface area contributed by atoms with Gasteiger partial charge in [0.15, 0.2) is 0 Å². The lowest BCUT2D eigenvalue weighted by atomic mass is 9.93. The number of nitrogen functional groups attached to an aromatic ring is 1. The highest BCUT2D eigenvalue weighted by Gasteiger charge is 2.23. The fourth-order valence-corrected chi connectivity index (χ4v) is 2.40. The molecule has 1 aliphatic heterocycles. The van der Waals surface area contributed by atoms with E-state index in [2.05, 4.69) is 4.98 Å². The summed E-state index contributed by atoms with van der Waals surface area (Å²) >= 11 is 0. The van der Waals surface area contributed by atoms with Crippen LogP contribution in [0.3, 0.4) is 0 Å². The van der Waals surface area contributed by atoms with E-state index in [1.165, 1.54) is 24.1 Å². The summed E-state index contributed by atoms with van der Waals surface area (Å²) in [6, 6.07) is 0. The molecule has 1 aliphatic carbocycles. The molecule has 0 atom stereocenters. The molecule has 74 valence electrons. The van der Waals surface area contributed by atoms with Crippen LogP contribution in [0.15, 0.2) is 0 Å². The average molecular weight is 190 g/mol. The number of ether oxygens (including phenoxy) is 1. The van der Waals surface area contributed by atoms with E-state index in [0.717, 1.165) is 43.0 Å². The standard InChI is InChI=1S/C11H14N2O/c12-10-7-3-1-2-4-9(7)13-11-8(10)5-6-14-11/h1-6H2,(H2,12,13). The van der Waals surface area contributed by atoms with Gasteiger partial charge in [-0.1, -0.05) is 0 Å². The number of fused-ring (bicyclic) bond motifs is 2. The number of rotatable bonds is 0. The van der Waals surface area contributed by atoms with E-state index in [9.17, 15) is 0 Å². The first-order valence-electron chi connectivity index (χ1n) is 5.29. The zero-order valence-corrected chi connectivity index (χ0v) is 8.18. The quantitative estimate of drug-likeness (QED) is 0.674. The van der Waals surface area contributed by atoms with Crippen LogP contribution in [0.2, 0.25) is 0 Å². The molecule has 1 aromatic heterocycles. The van der Waals surface area contributed by atoms with Gasteiger partial charge in [-0.2, -0.15) is 0 Å². The molecule has 0 saturated heterocycles. The third-order valence-electron chi connectivity index (χ3n) is 3.17. The predicted molar refractivity (Wildman–Crippen MR) is 54.5 cm³/mol. The normalized spacial score (nSPS) is 18.6. The molecule has 0 unspecified atom stereocenters. The Labute approximate surface area is 83.3 Å². The minimum Gasteiger partial charge on any atom is -0.477 e. The molecule has 14 heavy (non-hydrogen) atoms. The topological polar surface area (TPSA) is 48.1 Å². The van der Waals surface area contributed by atoms with Gasteiger partial charge in [0.2, 0.25) is 5.88 Å². The number of pyridine rings is 1. The van der Waals surface area contributed by atoms with Crippen molar-refractivity contribution in [1.82, 2.24) is 4.98 Å². The number of hydrogen-bond donors (Lipinski definition) is 1. The Kier molecular flexibility index (Phi) is 1.66. The molecule has 0 radical (unpaired) electrons. The van der Waals surface area contributed by atoms with Crippen molar-refractivity contribution in [3.8, 4) is 5.88 Å². The molecule has 2 heterocycles. The second-order valence-electron chi connectivity index (χ2n) is 4.04. The Morgan fingerprint density at radius 2 is 1.93 bits per heavy atom. The van der Waals surface area contributed by atoms with Crippen LogP contribution in [0, 0.1) is 0 Å². The highest BCUT2D eigenvalue weighted by molar-refractivity contribution is 5.60. The zero-order chi connectivity index (χ0) is 9.54. The van der Waals surface area contributed by atoms with Gasteiger partial charge in [0, 0.05) is 23.4 Å². The Morgan fingerprint density at radius 3 is 2.86 bits per heavy atom. The van der Waals surface area contributed by atoms with Gasteiger partial charge in [-0.15, -0.1) is 0 Å². The van der Waals surface area contributed by atoms with Crippen LogP contribution in [0.5, 0.6) is 5.88 Å². The molecule has 3 nitrogen and oxygen atoms in total. The van der Waals surface area contributed by atoms with Crippen molar-refractivity contribution in [3.05, 3.63) is 16.8 Å². The van der Waals surface area contributed by atoms with Gasteiger partial charge in [-0.3, -0.25) is 0 Å². The van der Waals surface area contributed by atoms with Crippen LogP contribution in [-0.2, 0) is 19.3 Å².